The molecule has 0 aliphatic carbocycles. The average Bonchev–Trinajstić information content (AvgIpc) is 3.05. The van der Waals surface area contributed by atoms with Crippen LogP contribution in [0.15, 0.2) is 16.8 Å². The van der Waals surface area contributed by atoms with Gasteiger partial charge in [-0.1, -0.05) is 0 Å². The summed E-state index contributed by atoms with van der Waals surface area (Å²) in [6, 6.07) is 1.88. The highest BCUT2D eigenvalue weighted by Crippen LogP contribution is 2.16. The Balaban J connectivity index is 0.00000180. The van der Waals surface area contributed by atoms with Crippen LogP contribution in [0.5, 0.6) is 0 Å². The second kappa shape index (κ2) is 8.53. The molecule has 0 radical (unpaired) electrons. The standard InChI is InChI=1S/C13H20N2O2S.ClH/c16-12(11-4-6-18-9-11)8-15-13(17)2-1-10-3-5-14-7-10;/h4,6,9-10,12,14,16H,1-3,5,7-8H2,(H,15,17);1H. The summed E-state index contributed by atoms with van der Waals surface area (Å²) >= 11 is 1.55. The van der Waals surface area contributed by atoms with Crippen LogP contribution in [0.2, 0.25) is 0 Å². The lowest BCUT2D eigenvalue weighted by atomic mass is 10.0. The first kappa shape index (κ1) is 16.4. The van der Waals surface area contributed by atoms with Crippen molar-refractivity contribution >= 4 is 29.7 Å². The van der Waals surface area contributed by atoms with E-state index >= 15 is 0 Å². The first-order valence-electron chi connectivity index (χ1n) is 6.43. The number of rotatable bonds is 6. The van der Waals surface area contributed by atoms with Gasteiger partial charge in [-0.2, -0.15) is 11.3 Å². The topological polar surface area (TPSA) is 61.4 Å². The zero-order valence-electron chi connectivity index (χ0n) is 10.8. The van der Waals surface area contributed by atoms with Crippen molar-refractivity contribution in [2.24, 2.45) is 5.92 Å². The van der Waals surface area contributed by atoms with E-state index in [2.05, 4.69) is 10.6 Å². The second-order valence-electron chi connectivity index (χ2n) is 4.77. The van der Waals surface area contributed by atoms with Crippen molar-refractivity contribution in [2.75, 3.05) is 19.6 Å². The number of nitrogens with one attached hydrogen (secondary N) is 2. The van der Waals surface area contributed by atoms with E-state index in [0.717, 1.165) is 25.1 Å². The third-order valence-electron chi connectivity index (χ3n) is 3.36. The van der Waals surface area contributed by atoms with Crippen molar-refractivity contribution in [2.45, 2.75) is 25.4 Å². The number of hydrogen-bond acceptors (Lipinski definition) is 4. The first-order chi connectivity index (χ1) is 8.75. The van der Waals surface area contributed by atoms with Crippen LogP contribution in [0.25, 0.3) is 0 Å². The molecule has 1 aromatic rings. The average molecular weight is 305 g/mol. The van der Waals surface area contributed by atoms with Crippen LogP contribution in [0, 0.1) is 5.92 Å². The number of aliphatic hydroxyl groups is 1. The molecule has 1 saturated heterocycles. The van der Waals surface area contributed by atoms with Gasteiger partial charge in [-0.15, -0.1) is 12.4 Å². The fraction of sp³-hybridized carbons (Fsp3) is 0.615. The van der Waals surface area contributed by atoms with Gasteiger partial charge in [-0.3, -0.25) is 4.79 Å². The van der Waals surface area contributed by atoms with Gasteiger partial charge in [0.15, 0.2) is 0 Å². The van der Waals surface area contributed by atoms with E-state index in [1.807, 2.05) is 16.8 Å². The summed E-state index contributed by atoms with van der Waals surface area (Å²) in [6.07, 6.45) is 2.08. The Hall–Kier alpha value is -0.620. The molecule has 0 aromatic carbocycles. The Labute approximate surface area is 124 Å². The SMILES string of the molecule is Cl.O=C(CCC1CCNC1)NCC(O)c1ccsc1. The molecular weight excluding hydrogens is 284 g/mol. The minimum atomic E-state index is -0.589. The summed E-state index contributed by atoms with van der Waals surface area (Å²) in [5.74, 6) is 0.675. The van der Waals surface area contributed by atoms with Gasteiger partial charge in [0.25, 0.3) is 0 Å². The Morgan fingerprint density at radius 2 is 2.47 bits per heavy atom. The van der Waals surface area contributed by atoms with Crippen LogP contribution in [-0.4, -0.2) is 30.6 Å². The van der Waals surface area contributed by atoms with E-state index in [1.165, 1.54) is 6.42 Å². The van der Waals surface area contributed by atoms with Gasteiger partial charge in [0, 0.05) is 13.0 Å². The van der Waals surface area contributed by atoms with Crippen molar-refractivity contribution < 1.29 is 9.90 Å². The van der Waals surface area contributed by atoms with Gasteiger partial charge in [0.2, 0.25) is 5.91 Å². The minimum absolute atomic E-state index is 0. The van der Waals surface area contributed by atoms with E-state index in [9.17, 15) is 9.90 Å². The van der Waals surface area contributed by atoms with Gasteiger partial charge < -0.3 is 15.7 Å². The molecule has 2 atom stereocenters. The maximum Gasteiger partial charge on any atom is 0.220 e. The molecule has 3 N–H and O–H groups in total. The Morgan fingerprint density at radius 3 is 3.11 bits per heavy atom. The van der Waals surface area contributed by atoms with Crippen LogP contribution in [0.3, 0.4) is 0 Å². The highest BCUT2D eigenvalue weighted by atomic mass is 35.5. The molecule has 0 bridgehead atoms. The monoisotopic (exact) mass is 304 g/mol. The Kier molecular flexibility index (Phi) is 7.38. The largest absolute Gasteiger partial charge is 0.387 e. The molecule has 1 aromatic heterocycles. The lowest BCUT2D eigenvalue weighted by molar-refractivity contribution is -0.121. The predicted molar refractivity (Wildman–Crippen MR) is 79.7 cm³/mol. The number of carbonyl (C=O) groups excluding carboxylic acids is 1. The lowest BCUT2D eigenvalue weighted by Gasteiger charge is -2.11. The van der Waals surface area contributed by atoms with Crippen molar-refractivity contribution in [3.05, 3.63) is 22.4 Å². The highest BCUT2D eigenvalue weighted by Gasteiger charge is 2.16. The number of amides is 1. The van der Waals surface area contributed by atoms with Gasteiger partial charge >= 0.3 is 0 Å². The summed E-state index contributed by atoms with van der Waals surface area (Å²) in [5.41, 5.74) is 0.875. The van der Waals surface area contributed by atoms with Gasteiger partial charge in [0.05, 0.1) is 6.10 Å². The van der Waals surface area contributed by atoms with Crippen molar-refractivity contribution in [3.63, 3.8) is 0 Å². The summed E-state index contributed by atoms with van der Waals surface area (Å²) in [7, 11) is 0. The number of halogens is 1. The van der Waals surface area contributed by atoms with Crippen LogP contribution in [-0.2, 0) is 4.79 Å². The van der Waals surface area contributed by atoms with Crippen LogP contribution in [0.1, 0.15) is 30.9 Å². The molecule has 1 amide bonds. The Bertz CT molecular complexity index is 367. The van der Waals surface area contributed by atoms with E-state index in [1.54, 1.807) is 11.3 Å². The molecule has 108 valence electrons. The summed E-state index contributed by atoms with van der Waals surface area (Å²) < 4.78 is 0. The molecule has 19 heavy (non-hydrogen) atoms. The van der Waals surface area contributed by atoms with E-state index in [4.69, 9.17) is 0 Å². The zero-order chi connectivity index (χ0) is 12.8. The molecule has 2 rings (SSSR count). The van der Waals surface area contributed by atoms with E-state index in [0.29, 0.717) is 18.9 Å². The van der Waals surface area contributed by atoms with Gasteiger partial charge in [-0.25, -0.2) is 0 Å². The molecule has 1 aliphatic rings. The van der Waals surface area contributed by atoms with Crippen molar-refractivity contribution in [1.82, 2.24) is 10.6 Å². The molecule has 1 fully saturated rings. The number of carbonyl (C=O) groups is 1. The molecule has 6 heteroatoms. The molecule has 2 unspecified atom stereocenters. The van der Waals surface area contributed by atoms with E-state index < -0.39 is 6.10 Å². The maximum atomic E-state index is 11.6. The van der Waals surface area contributed by atoms with Crippen molar-refractivity contribution in [3.8, 4) is 0 Å². The summed E-state index contributed by atoms with van der Waals surface area (Å²) in [4.78, 5) is 11.6. The number of aliphatic hydroxyl groups excluding tert-OH is 1. The molecule has 0 saturated carbocycles. The molecule has 2 heterocycles. The molecule has 4 nitrogen and oxygen atoms in total. The second-order valence-corrected chi connectivity index (χ2v) is 5.55. The first-order valence-corrected chi connectivity index (χ1v) is 7.37. The Morgan fingerprint density at radius 1 is 1.63 bits per heavy atom. The molecule has 1 aliphatic heterocycles. The van der Waals surface area contributed by atoms with Crippen LogP contribution < -0.4 is 10.6 Å². The number of hydrogen-bond donors (Lipinski definition) is 3. The third-order valence-corrected chi connectivity index (χ3v) is 4.06. The molecular formula is C13H21ClN2O2S. The lowest BCUT2D eigenvalue weighted by Crippen LogP contribution is -2.28. The highest BCUT2D eigenvalue weighted by molar-refractivity contribution is 7.07. The third kappa shape index (κ3) is 5.48. The predicted octanol–water partition coefficient (Wildman–Crippen LogP) is 1.71. The minimum Gasteiger partial charge on any atom is -0.387 e. The zero-order valence-corrected chi connectivity index (χ0v) is 12.4. The van der Waals surface area contributed by atoms with Crippen LogP contribution >= 0.6 is 23.7 Å². The fourth-order valence-corrected chi connectivity index (χ4v) is 2.88. The summed E-state index contributed by atoms with van der Waals surface area (Å²) in [5, 5.41) is 19.7. The van der Waals surface area contributed by atoms with Gasteiger partial charge in [0.1, 0.15) is 0 Å². The van der Waals surface area contributed by atoms with Crippen LogP contribution in [0.4, 0.5) is 0 Å². The normalized spacial score (nSPS) is 19.7. The molecule has 0 spiro atoms. The van der Waals surface area contributed by atoms with Gasteiger partial charge in [-0.05, 0) is 54.2 Å². The summed E-state index contributed by atoms with van der Waals surface area (Å²) in [6.45, 7) is 2.41. The van der Waals surface area contributed by atoms with Crippen molar-refractivity contribution in [1.29, 1.82) is 0 Å². The number of thiophene rings is 1. The van der Waals surface area contributed by atoms with E-state index in [-0.39, 0.29) is 18.3 Å². The fourth-order valence-electron chi connectivity index (χ4n) is 2.18. The quantitative estimate of drug-likeness (QED) is 0.750. The maximum absolute atomic E-state index is 11.6. The smallest absolute Gasteiger partial charge is 0.220 e.